The molecule has 0 aliphatic carbocycles. The molecule has 90 valence electrons. The van der Waals surface area contributed by atoms with E-state index in [-0.39, 0.29) is 17.9 Å². The minimum atomic E-state index is -0.781. The summed E-state index contributed by atoms with van der Waals surface area (Å²) in [6.45, 7) is 1.99. The molecule has 0 aromatic carbocycles. The van der Waals surface area contributed by atoms with Crippen LogP contribution in [0.5, 0.6) is 0 Å². The summed E-state index contributed by atoms with van der Waals surface area (Å²) < 4.78 is 0. The zero-order chi connectivity index (χ0) is 11.5. The number of aliphatic carboxylic acids is 1. The quantitative estimate of drug-likeness (QED) is 0.698. The Kier molecular flexibility index (Phi) is 3.43. The maximum absolute atomic E-state index is 12.0. The molecule has 1 amide bonds. The topological polar surface area (TPSA) is 69.6 Å². The zero-order valence-electron chi connectivity index (χ0n) is 9.32. The number of carboxylic acid groups (broad SMARTS) is 1. The molecular formula is C11H18N2O3. The number of carbonyl (C=O) groups is 2. The van der Waals surface area contributed by atoms with E-state index in [0.717, 1.165) is 25.8 Å². The Labute approximate surface area is 94.8 Å². The van der Waals surface area contributed by atoms with Crippen molar-refractivity contribution >= 4 is 11.9 Å². The minimum absolute atomic E-state index is 0.0763. The Morgan fingerprint density at radius 3 is 2.69 bits per heavy atom. The van der Waals surface area contributed by atoms with Gasteiger partial charge in [-0.15, -0.1) is 0 Å². The van der Waals surface area contributed by atoms with Crippen molar-refractivity contribution in [2.24, 2.45) is 5.92 Å². The van der Waals surface area contributed by atoms with E-state index in [9.17, 15) is 9.59 Å². The Morgan fingerprint density at radius 2 is 2.06 bits per heavy atom. The summed E-state index contributed by atoms with van der Waals surface area (Å²) in [4.78, 5) is 24.6. The molecule has 2 aliphatic heterocycles. The van der Waals surface area contributed by atoms with Gasteiger partial charge in [-0.1, -0.05) is 0 Å². The lowest BCUT2D eigenvalue weighted by molar-refractivity contribution is -0.146. The first-order valence-electron chi connectivity index (χ1n) is 5.93. The Hall–Kier alpha value is -1.10. The van der Waals surface area contributed by atoms with Crippen molar-refractivity contribution in [2.75, 3.05) is 19.6 Å². The van der Waals surface area contributed by atoms with Crippen molar-refractivity contribution in [3.63, 3.8) is 0 Å². The van der Waals surface area contributed by atoms with Crippen LogP contribution >= 0.6 is 0 Å². The van der Waals surface area contributed by atoms with Crippen molar-refractivity contribution in [3.8, 4) is 0 Å². The van der Waals surface area contributed by atoms with Crippen molar-refractivity contribution in [1.82, 2.24) is 10.2 Å². The molecule has 0 aromatic rings. The molecule has 5 heteroatoms. The van der Waals surface area contributed by atoms with Crippen LogP contribution in [0.3, 0.4) is 0 Å². The van der Waals surface area contributed by atoms with Crippen molar-refractivity contribution < 1.29 is 14.7 Å². The molecule has 1 unspecified atom stereocenters. The van der Waals surface area contributed by atoms with Crippen LogP contribution < -0.4 is 5.32 Å². The number of piperidine rings is 1. The predicted molar refractivity (Wildman–Crippen MR) is 58.0 cm³/mol. The van der Waals surface area contributed by atoms with Gasteiger partial charge in [-0.05, 0) is 32.2 Å². The molecule has 2 aliphatic rings. The number of carboxylic acids is 1. The monoisotopic (exact) mass is 226 g/mol. The number of nitrogens with one attached hydrogen (secondary N) is 1. The molecular weight excluding hydrogens is 208 g/mol. The summed E-state index contributed by atoms with van der Waals surface area (Å²) >= 11 is 0. The molecule has 0 radical (unpaired) electrons. The maximum Gasteiger partial charge on any atom is 0.308 e. The van der Waals surface area contributed by atoms with E-state index in [1.807, 2.05) is 0 Å². The van der Waals surface area contributed by atoms with Crippen molar-refractivity contribution in [2.45, 2.75) is 31.7 Å². The second-order valence-electron chi connectivity index (χ2n) is 4.61. The van der Waals surface area contributed by atoms with Crippen LogP contribution in [0.1, 0.15) is 25.7 Å². The standard InChI is InChI=1S/C11H18N2O3/c14-10(9-4-1-5-12-9)13-6-2-3-8(7-13)11(15)16/h8-9,12H,1-7H2,(H,15,16)/t8?,9-/m1/s1. The minimum Gasteiger partial charge on any atom is -0.481 e. The molecule has 2 saturated heterocycles. The molecule has 2 fully saturated rings. The van der Waals surface area contributed by atoms with Crippen molar-refractivity contribution in [1.29, 1.82) is 0 Å². The molecule has 2 atom stereocenters. The van der Waals surface area contributed by atoms with Crippen LogP contribution in [0.25, 0.3) is 0 Å². The van der Waals surface area contributed by atoms with E-state index in [1.54, 1.807) is 4.90 Å². The van der Waals surface area contributed by atoms with Gasteiger partial charge in [0.2, 0.25) is 5.91 Å². The van der Waals surface area contributed by atoms with Gasteiger partial charge in [0.15, 0.2) is 0 Å². The van der Waals surface area contributed by atoms with Gasteiger partial charge in [0.1, 0.15) is 0 Å². The van der Waals surface area contributed by atoms with Crippen LogP contribution in [0, 0.1) is 5.92 Å². The lowest BCUT2D eigenvalue weighted by Crippen LogP contribution is -2.49. The molecule has 16 heavy (non-hydrogen) atoms. The molecule has 2 N–H and O–H groups in total. The molecule has 2 heterocycles. The third kappa shape index (κ3) is 2.35. The maximum atomic E-state index is 12.0. The Morgan fingerprint density at radius 1 is 1.25 bits per heavy atom. The summed E-state index contributed by atoms with van der Waals surface area (Å²) in [6, 6.07) is -0.0763. The normalized spacial score (nSPS) is 30.4. The van der Waals surface area contributed by atoms with Gasteiger partial charge in [0.25, 0.3) is 0 Å². The van der Waals surface area contributed by atoms with Crippen LogP contribution in [0.15, 0.2) is 0 Å². The van der Waals surface area contributed by atoms with E-state index >= 15 is 0 Å². The highest BCUT2D eigenvalue weighted by Crippen LogP contribution is 2.19. The predicted octanol–water partition coefficient (Wildman–Crippen LogP) is 0.0616. The average Bonchev–Trinajstić information content (AvgIpc) is 2.81. The van der Waals surface area contributed by atoms with Crippen molar-refractivity contribution in [3.05, 3.63) is 0 Å². The molecule has 2 rings (SSSR count). The first kappa shape index (κ1) is 11.4. The van der Waals surface area contributed by atoms with Gasteiger partial charge in [-0.3, -0.25) is 9.59 Å². The number of likely N-dealkylation sites (tertiary alicyclic amines) is 1. The van der Waals surface area contributed by atoms with E-state index < -0.39 is 5.97 Å². The summed E-state index contributed by atoms with van der Waals surface area (Å²) in [7, 11) is 0. The number of rotatable bonds is 2. The summed E-state index contributed by atoms with van der Waals surface area (Å²) in [5.74, 6) is -1.07. The third-order valence-corrected chi connectivity index (χ3v) is 3.44. The smallest absolute Gasteiger partial charge is 0.308 e. The summed E-state index contributed by atoms with van der Waals surface area (Å²) in [5.41, 5.74) is 0. The molecule has 0 saturated carbocycles. The van der Waals surface area contributed by atoms with E-state index in [2.05, 4.69) is 5.32 Å². The summed E-state index contributed by atoms with van der Waals surface area (Å²) in [5, 5.41) is 12.1. The first-order valence-corrected chi connectivity index (χ1v) is 5.93. The van der Waals surface area contributed by atoms with Gasteiger partial charge in [-0.25, -0.2) is 0 Å². The lowest BCUT2D eigenvalue weighted by Gasteiger charge is -2.32. The third-order valence-electron chi connectivity index (χ3n) is 3.44. The summed E-state index contributed by atoms with van der Waals surface area (Å²) in [6.07, 6.45) is 3.41. The average molecular weight is 226 g/mol. The van der Waals surface area contributed by atoms with Crippen LogP contribution in [-0.2, 0) is 9.59 Å². The van der Waals surface area contributed by atoms with Gasteiger partial charge in [0, 0.05) is 13.1 Å². The second kappa shape index (κ2) is 4.82. The van der Waals surface area contributed by atoms with Gasteiger partial charge in [0.05, 0.1) is 12.0 Å². The zero-order valence-corrected chi connectivity index (χ0v) is 9.32. The molecule has 0 aromatic heterocycles. The number of carbonyl (C=O) groups excluding carboxylic acids is 1. The fraction of sp³-hybridized carbons (Fsp3) is 0.818. The Bertz CT molecular complexity index is 287. The van der Waals surface area contributed by atoms with E-state index in [0.29, 0.717) is 19.5 Å². The number of hydrogen-bond donors (Lipinski definition) is 2. The van der Waals surface area contributed by atoms with Gasteiger partial charge >= 0.3 is 5.97 Å². The van der Waals surface area contributed by atoms with Crippen LogP contribution in [0.4, 0.5) is 0 Å². The SMILES string of the molecule is O=C(O)C1CCCN(C(=O)[C@H]2CCCN2)C1. The first-order chi connectivity index (χ1) is 7.68. The Balaban J connectivity index is 1.93. The highest BCUT2D eigenvalue weighted by molar-refractivity contribution is 5.83. The fourth-order valence-electron chi connectivity index (χ4n) is 2.49. The molecule has 5 nitrogen and oxygen atoms in total. The highest BCUT2D eigenvalue weighted by Gasteiger charge is 2.32. The van der Waals surface area contributed by atoms with Crippen LogP contribution in [0.2, 0.25) is 0 Å². The highest BCUT2D eigenvalue weighted by atomic mass is 16.4. The molecule has 0 spiro atoms. The number of nitrogens with zero attached hydrogens (tertiary/aromatic N) is 1. The van der Waals surface area contributed by atoms with Crippen LogP contribution in [-0.4, -0.2) is 47.6 Å². The van der Waals surface area contributed by atoms with Gasteiger partial charge in [-0.2, -0.15) is 0 Å². The largest absolute Gasteiger partial charge is 0.481 e. The number of hydrogen-bond acceptors (Lipinski definition) is 3. The lowest BCUT2D eigenvalue weighted by atomic mass is 9.97. The van der Waals surface area contributed by atoms with E-state index in [1.165, 1.54) is 0 Å². The number of amides is 1. The van der Waals surface area contributed by atoms with Gasteiger partial charge < -0.3 is 15.3 Å². The fourth-order valence-corrected chi connectivity index (χ4v) is 2.49. The second-order valence-corrected chi connectivity index (χ2v) is 4.61. The molecule has 0 bridgehead atoms. The van der Waals surface area contributed by atoms with E-state index in [4.69, 9.17) is 5.11 Å².